The fraction of sp³-hybridized carbons (Fsp3) is 0.263. The van der Waals surface area contributed by atoms with Crippen LogP contribution >= 0.6 is 0 Å². The molecule has 0 saturated carbocycles. The number of esters is 1. The molecular weight excluding hydrogens is 308 g/mol. The molecule has 5 nitrogen and oxygen atoms in total. The van der Waals surface area contributed by atoms with Crippen molar-refractivity contribution in [2.45, 2.75) is 20.3 Å². The highest BCUT2D eigenvalue weighted by Crippen LogP contribution is 2.18. The Bertz CT molecular complexity index is 691. The van der Waals surface area contributed by atoms with E-state index in [9.17, 15) is 9.59 Å². The van der Waals surface area contributed by atoms with Crippen LogP contribution in [-0.2, 0) is 4.79 Å². The smallest absolute Gasteiger partial charge is 0.349 e. The molecule has 0 unspecified atom stereocenters. The summed E-state index contributed by atoms with van der Waals surface area (Å²) in [5.41, 5.74) is 0.531. The molecular formula is C19H20O5. The Morgan fingerprint density at radius 3 is 2.29 bits per heavy atom. The molecule has 0 heterocycles. The summed E-state index contributed by atoms with van der Waals surface area (Å²) < 4.78 is 16.0. The molecule has 0 amide bonds. The van der Waals surface area contributed by atoms with Crippen LogP contribution in [0.1, 0.15) is 30.6 Å². The molecule has 0 fully saturated rings. The molecule has 0 spiro atoms. The number of carbonyl (C=O) groups is 2. The van der Waals surface area contributed by atoms with Crippen LogP contribution in [0.4, 0.5) is 0 Å². The van der Waals surface area contributed by atoms with E-state index in [-0.39, 0.29) is 12.4 Å². The van der Waals surface area contributed by atoms with Crippen molar-refractivity contribution in [2.75, 3.05) is 13.2 Å². The highest BCUT2D eigenvalue weighted by atomic mass is 16.6. The monoisotopic (exact) mass is 328 g/mol. The summed E-state index contributed by atoms with van der Waals surface area (Å²) in [6.45, 7) is 3.91. The Hall–Kier alpha value is -2.82. The van der Waals surface area contributed by atoms with Gasteiger partial charge in [0.05, 0.1) is 6.61 Å². The van der Waals surface area contributed by atoms with E-state index in [1.165, 1.54) is 6.92 Å². The summed E-state index contributed by atoms with van der Waals surface area (Å²) in [6.07, 6.45) is 0.929. The zero-order valence-electron chi connectivity index (χ0n) is 13.8. The molecule has 2 rings (SSSR count). The van der Waals surface area contributed by atoms with Crippen molar-refractivity contribution in [3.8, 4) is 17.2 Å². The van der Waals surface area contributed by atoms with Crippen LogP contribution in [0.15, 0.2) is 48.5 Å². The van der Waals surface area contributed by atoms with Crippen molar-refractivity contribution >= 4 is 11.8 Å². The van der Waals surface area contributed by atoms with Crippen LogP contribution in [0.2, 0.25) is 0 Å². The molecule has 24 heavy (non-hydrogen) atoms. The number of hydrogen-bond donors (Lipinski definition) is 0. The highest BCUT2D eigenvalue weighted by Gasteiger charge is 2.08. The number of ether oxygens (including phenoxy) is 3. The zero-order chi connectivity index (χ0) is 17.4. The topological polar surface area (TPSA) is 61.8 Å². The van der Waals surface area contributed by atoms with E-state index in [4.69, 9.17) is 14.2 Å². The zero-order valence-corrected chi connectivity index (χ0v) is 13.8. The van der Waals surface area contributed by atoms with Crippen molar-refractivity contribution in [3.05, 3.63) is 54.1 Å². The third-order valence-electron chi connectivity index (χ3n) is 3.13. The first-order valence-electron chi connectivity index (χ1n) is 7.76. The molecule has 0 bridgehead atoms. The second-order valence-electron chi connectivity index (χ2n) is 5.17. The molecule has 2 aromatic rings. The molecule has 0 N–H and O–H groups in total. The van der Waals surface area contributed by atoms with Gasteiger partial charge in [-0.05, 0) is 49.7 Å². The Balaban J connectivity index is 1.84. The van der Waals surface area contributed by atoms with E-state index in [2.05, 4.69) is 0 Å². The van der Waals surface area contributed by atoms with Gasteiger partial charge >= 0.3 is 5.97 Å². The van der Waals surface area contributed by atoms with Crippen LogP contribution in [0.3, 0.4) is 0 Å². The number of carbonyl (C=O) groups excluding carboxylic acids is 2. The van der Waals surface area contributed by atoms with Crippen molar-refractivity contribution in [3.63, 3.8) is 0 Å². The lowest BCUT2D eigenvalue weighted by molar-refractivity contribution is -0.136. The first kappa shape index (κ1) is 17.5. The second-order valence-corrected chi connectivity index (χ2v) is 5.17. The number of ketones is 1. The first-order valence-corrected chi connectivity index (χ1v) is 7.76. The van der Waals surface area contributed by atoms with Crippen LogP contribution in [0.5, 0.6) is 17.2 Å². The minimum Gasteiger partial charge on any atom is -0.494 e. The number of Topliss-reactive ketones (excluding diaryl/α,β-unsaturated/α-hetero) is 1. The molecule has 0 aliphatic rings. The van der Waals surface area contributed by atoms with Crippen molar-refractivity contribution in [2.24, 2.45) is 0 Å². The summed E-state index contributed by atoms with van der Waals surface area (Å²) in [5.74, 6) is 1.01. The van der Waals surface area contributed by atoms with E-state index in [0.29, 0.717) is 23.7 Å². The molecule has 0 saturated heterocycles. The van der Waals surface area contributed by atoms with Crippen molar-refractivity contribution in [1.29, 1.82) is 0 Å². The van der Waals surface area contributed by atoms with Gasteiger partial charge < -0.3 is 14.2 Å². The lowest BCUT2D eigenvalue weighted by atomic mass is 10.1. The summed E-state index contributed by atoms with van der Waals surface area (Å²) in [7, 11) is 0. The van der Waals surface area contributed by atoms with E-state index in [1.54, 1.807) is 48.5 Å². The fourth-order valence-electron chi connectivity index (χ4n) is 1.93. The first-order chi connectivity index (χ1) is 11.6. The molecule has 0 atom stereocenters. The highest BCUT2D eigenvalue weighted by molar-refractivity contribution is 5.94. The molecule has 0 aromatic heterocycles. The predicted octanol–water partition coefficient (Wildman–Crippen LogP) is 3.66. The van der Waals surface area contributed by atoms with Crippen molar-refractivity contribution in [1.82, 2.24) is 0 Å². The molecule has 0 aliphatic carbocycles. The van der Waals surface area contributed by atoms with Gasteiger partial charge in [0.25, 0.3) is 0 Å². The number of rotatable bonds is 8. The maximum absolute atomic E-state index is 11.8. The second kappa shape index (κ2) is 8.72. The Kier molecular flexibility index (Phi) is 6.37. The normalized spacial score (nSPS) is 10.1. The van der Waals surface area contributed by atoms with Crippen LogP contribution < -0.4 is 14.2 Å². The average Bonchev–Trinajstić information content (AvgIpc) is 2.59. The summed E-state index contributed by atoms with van der Waals surface area (Å²) in [5, 5.41) is 0. The van der Waals surface area contributed by atoms with Gasteiger partial charge in [-0.1, -0.05) is 19.1 Å². The molecule has 2 aromatic carbocycles. The fourth-order valence-corrected chi connectivity index (χ4v) is 1.93. The quantitative estimate of drug-likeness (QED) is 0.420. The minimum absolute atomic E-state index is 0.0617. The van der Waals surface area contributed by atoms with Gasteiger partial charge in [0.15, 0.2) is 12.4 Å². The molecule has 126 valence electrons. The van der Waals surface area contributed by atoms with E-state index < -0.39 is 5.97 Å². The van der Waals surface area contributed by atoms with Gasteiger partial charge in [-0.2, -0.15) is 0 Å². The van der Waals surface area contributed by atoms with Gasteiger partial charge in [0.2, 0.25) is 0 Å². The SMILES string of the molecule is CCCOc1ccc(OC(=O)COc2cccc(C(C)=O)c2)cc1. The predicted molar refractivity (Wildman–Crippen MR) is 89.8 cm³/mol. The van der Waals surface area contributed by atoms with Crippen LogP contribution in [0.25, 0.3) is 0 Å². The van der Waals surface area contributed by atoms with E-state index in [1.807, 2.05) is 6.92 Å². The minimum atomic E-state index is -0.523. The van der Waals surface area contributed by atoms with Crippen LogP contribution in [-0.4, -0.2) is 25.0 Å². The third-order valence-corrected chi connectivity index (χ3v) is 3.13. The summed E-state index contributed by atoms with van der Waals surface area (Å²) in [6, 6.07) is 13.5. The standard InChI is InChI=1S/C19H20O5/c1-3-11-22-16-7-9-17(10-8-16)24-19(21)13-23-18-6-4-5-15(12-18)14(2)20/h4-10,12H,3,11,13H2,1-2H3. The van der Waals surface area contributed by atoms with Gasteiger partial charge in [0.1, 0.15) is 17.2 Å². The van der Waals surface area contributed by atoms with E-state index >= 15 is 0 Å². The third kappa shape index (κ3) is 5.43. The number of benzene rings is 2. The van der Waals surface area contributed by atoms with Gasteiger partial charge in [-0.25, -0.2) is 4.79 Å². The maximum atomic E-state index is 11.8. The molecule has 0 aliphatic heterocycles. The lowest BCUT2D eigenvalue weighted by Gasteiger charge is -2.08. The Morgan fingerprint density at radius 2 is 1.62 bits per heavy atom. The van der Waals surface area contributed by atoms with Crippen LogP contribution in [0, 0.1) is 0 Å². The average molecular weight is 328 g/mol. The number of hydrogen-bond acceptors (Lipinski definition) is 5. The molecule has 5 heteroatoms. The van der Waals surface area contributed by atoms with Gasteiger partial charge in [0, 0.05) is 5.56 Å². The summed E-state index contributed by atoms with van der Waals surface area (Å²) in [4.78, 5) is 23.1. The largest absolute Gasteiger partial charge is 0.494 e. The van der Waals surface area contributed by atoms with E-state index in [0.717, 1.165) is 12.2 Å². The molecule has 0 radical (unpaired) electrons. The lowest BCUT2D eigenvalue weighted by Crippen LogP contribution is -2.17. The maximum Gasteiger partial charge on any atom is 0.349 e. The van der Waals surface area contributed by atoms with Crippen molar-refractivity contribution < 1.29 is 23.8 Å². The summed E-state index contributed by atoms with van der Waals surface area (Å²) >= 11 is 0. The van der Waals surface area contributed by atoms with Gasteiger partial charge in [-0.3, -0.25) is 4.79 Å². The van der Waals surface area contributed by atoms with Gasteiger partial charge in [-0.15, -0.1) is 0 Å². The Morgan fingerprint density at radius 1 is 0.917 bits per heavy atom. The Labute approximate surface area is 141 Å².